The van der Waals surface area contributed by atoms with Crippen molar-refractivity contribution >= 4 is 15.9 Å². The van der Waals surface area contributed by atoms with Gasteiger partial charge in [0.15, 0.2) is 0 Å². The first-order valence-corrected chi connectivity index (χ1v) is 10.3. The molecule has 0 saturated carbocycles. The third-order valence-electron chi connectivity index (χ3n) is 4.72. The van der Waals surface area contributed by atoms with Crippen molar-refractivity contribution in [1.82, 2.24) is 9.62 Å². The summed E-state index contributed by atoms with van der Waals surface area (Å²) in [6, 6.07) is 14.1. The summed E-state index contributed by atoms with van der Waals surface area (Å²) in [7, 11) is -3.53. The predicted molar refractivity (Wildman–Crippen MR) is 101 cm³/mol. The molecular formula is C20H24N2O3S. The third-order valence-corrected chi connectivity index (χ3v) is 6.62. The fraction of sp³-hybridized carbons (Fsp3) is 0.350. The molecule has 1 saturated heterocycles. The highest BCUT2D eigenvalue weighted by Crippen LogP contribution is 2.22. The monoisotopic (exact) mass is 372 g/mol. The number of aryl methyl sites for hydroxylation is 1. The second-order valence-corrected chi connectivity index (χ2v) is 8.68. The molecule has 0 spiro atoms. The summed E-state index contributed by atoms with van der Waals surface area (Å²) in [5.41, 5.74) is 2.51. The molecule has 5 nitrogen and oxygen atoms in total. The van der Waals surface area contributed by atoms with Gasteiger partial charge in [0.25, 0.3) is 5.91 Å². The molecule has 1 atom stereocenters. The van der Waals surface area contributed by atoms with Gasteiger partial charge in [-0.05, 0) is 50.5 Å². The number of nitrogens with one attached hydrogen (secondary N) is 1. The second-order valence-electron chi connectivity index (χ2n) is 6.74. The lowest BCUT2D eigenvalue weighted by Crippen LogP contribution is -2.29. The highest BCUT2D eigenvalue weighted by Gasteiger charge is 2.27. The number of amides is 1. The maximum absolute atomic E-state index is 12.7. The van der Waals surface area contributed by atoms with Crippen LogP contribution < -0.4 is 5.32 Å². The maximum atomic E-state index is 12.7. The van der Waals surface area contributed by atoms with Gasteiger partial charge in [0.1, 0.15) is 0 Å². The van der Waals surface area contributed by atoms with E-state index in [1.807, 2.05) is 38.1 Å². The Morgan fingerprint density at radius 3 is 2.38 bits per heavy atom. The van der Waals surface area contributed by atoms with Crippen LogP contribution in [0.4, 0.5) is 0 Å². The van der Waals surface area contributed by atoms with E-state index in [4.69, 9.17) is 0 Å². The summed E-state index contributed by atoms with van der Waals surface area (Å²) in [6.45, 7) is 5.01. The average molecular weight is 372 g/mol. The Bertz CT molecular complexity index is 886. The van der Waals surface area contributed by atoms with E-state index < -0.39 is 10.0 Å². The minimum absolute atomic E-state index is 0.165. The lowest BCUT2D eigenvalue weighted by molar-refractivity contribution is 0.0939. The molecule has 2 aromatic carbocycles. The van der Waals surface area contributed by atoms with Gasteiger partial charge >= 0.3 is 0 Å². The molecule has 1 aliphatic heterocycles. The lowest BCUT2D eigenvalue weighted by Gasteiger charge is -2.17. The molecule has 1 N–H and O–H groups in total. The number of rotatable bonds is 5. The topological polar surface area (TPSA) is 66.5 Å². The zero-order chi connectivity index (χ0) is 18.7. The summed E-state index contributed by atoms with van der Waals surface area (Å²) in [5.74, 6) is -0.281. The Labute approximate surface area is 155 Å². The van der Waals surface area contributed by atoms with Crippen LogP contribution in [0.5, 0.6) is 0 Å². The van der Waals surface area contributed by atoms with Gasteiger partial charge in [-0.15, -0.1) is 0 Å². The molecule has 1 amide bonds. The fourth-order valence-electron chi connectivity index (χ4n) is 3.09. The van der Waals surface area contributed by atoms with Crippen LogP contribution in [0.3, 0.4) is 0 Å². The minimum Gasteiger partial charge on any atom is -0.346 e. The van der Waals surface area contributed by atoms with E-state index in [-0.39, 0.29) is 16.8 Å². The number of hydrogen-bond acceptors (Lipinski definition) is 3. The molecule has 2 aromatic rings. The standard InChI is InChI=1S/C20H24N2O3S/c1-15-8-10-17(11-9-15)16(2)21-20(23)18-6-5-7-19(14-18)26(24,25)22-12-3-4-13-22/h5-11,14,16H,3-4,12-13H2,1-2H3,(H,21,23)/t16-/m0/s1. The molecular weight excluding hydrogens is 348 g/mol. The molecule has 1 fully saturated rings. The average Bonchev–Trinajstić information content (AvgIpc) is 3.18. The van der Waals surface area contributed by atoms with Crippen molar-refractivity contribution in [3.05, 3.63) is 65.2 Å². The molecule has 0 aromatic heterocycles. The number of carbonyl (C=O) groups excluding carboxylic acids is 1. The van der Waals surface area contributed by atoms with Gasteiger partial charge in [0.2, 0.25) is 10.0 Å². The third kappa shape index (κ3) is 3.97. The van der Waals surface area contributed by atoms with Crippen LogP contribution in [0.25, 0.3) is 0 Å². The quantitative estimate of drug-likeness (QED) is 0.876. The smallest absolute Gasteiger partial charge is 0.251 e. The van der Waals surface area contributed by atoms with Crippen molar-refractivity contribution in [2.45, 2.75) is 37.6 Å². The van der Waals surface area contributed by atoms with Crippen molar-refractivity contribution in [2.24, 2.45) is 0 Å². The lowest BCUT2D eigenvalue weighted by atomic mass is 10.1. The number of nitrogens with zero attached hydrogens (tertiary/aromatic N) is 1. The fourth-order valence-corrected chi connectivity index (χ4v) is 4.66. The Balaban J connectivity index is 1.77. The molecule has 6 heteroatoms. The zero-order valence-corrected chi connectivity index (χ0v) is 15.9. The van der Waals surface area contributed by atoms with Gasteiger partial charge < -0.3 is 5.32 Å². The van der Waals surface area contributed by atoms with E-state index in [0.29, 0.717) is 18.7 Å². The Hall–Kier alpha value is -2.18. The molecule has 1 aliphatic rings. The van der Waals surface area contributed by atoms with Gasteiger partial charge in [0, 0.05) is 18.7 Å². The van der Waals surface area contributed by atoms with Gasteiger partial charge in [-0.25, -0.2) is 8.42 Å². The molecule has 3 rings (SSSR count). The van der Waals surface area contributed by atoms with E-state index in [9.17, 15) is 13.2 Å². The second kappa shape index (κ2) is 7.60. The normalized spacial score (nSPS) is 16.4. The number of hydrogen-bond donors (Lipinski definition) is 1. The van der Waals surface area contributed by atoms with Gasteiger partial charge in [-0.1, -0.05) is 35.9 Å². The van der Waals surface area contributed by atoms with Gasteiger partial charge in [-0.2, -0.15) is 4.31 Å². The molecule has 0 bridgehead atoms. The molecule has 138 valence electrons. The van der Waals surface area contributed by atoms with Crippen molar-refractivity contribution in [3.8, 4) is 0 Å². The predicted octanol–water partition coefficient (Wildman–Crippen LogP) is 3.27. The number of sulfonamides is 1. The van der Waals surface area contributed by atoms with E-state index >= 15 is 0 Å². The summed E-state index contributed by atoms with van der Waals surface area (Å²) in [6.07, 6.45) is 1.76. The van der Waals surface area contributed by atoms with Crippen molar-refractivity contribution in [1.29, 1.82) is 0 Å². The van der Waals surface area contributed by atoms with Crippen LogP contribution in [0.15, 0.2) is 53.4 Å². The molecule has 0 unspecified atom stereocenters. The van der Waals surface area contributed by atoms with Crippen LogP contribution in [0.2, 0.25) is 0 Å². The van der Waals surface area contributed by atoms with Crippen LogP contribution >= 0.6 is 0 Å². The van der Waals surface area contributed by atoms with E-state index in [2.05, 4.69) is 5.32 Å². The first kappa shape index (κ1) is 18.6. The Morgan fingerprint density at radius 1 is 1.08 bits per heavy atom. The van der Waals surface area contributed by atoms with E-state index in [1.54, 1.807) is 18.2 Å². The highest BCUT2D eigenvalue weighted by atomic mass is 32.2. The van der Waals surface area contributed by atoms with Crippen LogP contribution in [-0.2, 0) is 10.0 Å². The van der Waals surface area contributed by atoms with E-state index in [0.717, 1.165) is 24.0 Å². The molecule has 0 radical (unpaired) electrons. The van der Waals surface area contributed by atoms with E-state index in [1.165, 1.54) is 10.4 Å². The van der Waals surface area contributed by atoms with Crippen molar-refractivity contribution in [3.63, 3.8) is 0 Å². The first-order valence-electron chi connectivity index (χ1n) is 8.85. The van der Waals surface area contributed by atoms with Crippen LogP contribution in [0.1, 0.15) is 47.3 Å². The Kier molecular flexibility index (Phi) is 5.44. The summed E-state index contributed by atoms with van der Waals surface area (Å²) in [4.78, 5) is 12.8. The van der Waals surface area contributed by atoms with Crippen molar-refractivity contribution < 1.29 is 13.2 Å². The first-order chi connectivity index (χ1) is 12.4. The number of carbonyl (C=O) groups is 1. The van der Waals surface area contributed by atoms with Crippen LogP contribution in [0, 0.1) is 6.92 Å². The molecule has 26 heavy (non-hydrogen) atoms. The van der Waals surface area contributed by atoms with Gasteiger partial charge in [0.05, 0.1) is 10.9 Å². The molecule has 0 aliphatic carbocycles. The highest BCUT2D eigenvalue weighted by molar-refractivity contribution is 7.89. The van der Waals surface area contributed by atoms with Gasteiger partial charge in [-0.3, -0.25) is 4.79 Å². The van der Waals surface area contributed by atoms with Crippen molar-refractivity contribution in [2.75, 3.05) is 13.1 Å². The largest absolute Gasteiger partial charge is 0.346 e. The Morgan fingerprint density at radius 2 is 1.73 bits per heavy atom. The summed E-state index contributed by atoms with van der Waals surface area (Å²) < 4.78 is 26.8. The maximum Gasteiger partial charge on any atom is 0.251 e. The summed E-state index contributed by atoms with van der Waals surface area (Å²) in [5, 5.41) is 2.93. The van der Waals surface area contributed by atoms with Crippen LogP contribution in [-0.4, -0.2) is 31.7 Å². The zero-order valence-electron chi connectivity index (χ0n) is 15.1. The molecule has 1 heterocycles. The summed E-state index contributed by atoms with van der Waals surface area (Å²) >= 11 is 0. The minimum atomic E-state index is -3.53. The SMILES string of the molecule is Cc1ccc([C@H](C)NC(=O)c2cccc(S(=O)(=O)N3CCCC3)c2)cc1. The number of benzene rings is 2.